The maximum atomic E-state index is 12.5. The average molecular weight is 359 g/mol. The highest BCUT2D eigenvalue weighted by Crippen LogP contribution is 2.19. The fourth-order valence-corrected chi connectivity index (χ4v) is 3.16. The maximum Gasteiger partial charge on any atom is 0.251 e. The first-order valence-electron chi connectivity index (χ1n) is 8.31. The lowest BCUT2D eigenvalue weighted by atomic mass is 10.1. The monoisotopic (exact) mass is 359 g/mol. The van der Waals surface area contributed by atoms with Crippen molar-refractivity contribution in [2.45, 2.75) is 38.7 Å². The van der Waals surface area contributed by atoms with Gasteiger partial charge < -0.3 is 10.1 Å². The molecule has 0 bridgehead atoms. The van der Waals surface area contributed by atoms with Gasteiger partial charge in [-0.25, -0.2) is 0 Å². The molecule has 0 aliphatic heterocycles. The number of ether oxygens (including phenoxy) is 1. The molecule has 0 radical (unpaired) electrons. The summed E-state index contributed by atoms with van der Waals surface area (Å²) >= 11 is 0. The van der Waals surface area contributed by atoms with Crippen LogP contribution < -0.4 is 10.1 Å². The predicted molar refractivity (Wildman–Crippen MR) is 102 cm³/mol. The summed E-state index contributed by atoms with van der Waals surface area (Å²) in [6, 6.07) is 14.9. The summed E-state index contributed by atoms with van der Waals surface area (Å²) in [5, 5.41) is 3.00. The summed E-state index contributed by atoms with van der Waals surface area (Å²) in [4.78, 5) is 12.5. The van der Waals surface area contributed by atoms with Crippen LogP contribution in [0.4, 0.5) is 0 Å². The molecular formula is C20H25NO3S. The fraction of sp³-hybridized carbons (Fsp3) is 0.350. The molecule has 2 unspecified atom stereocenters. The fourth-order valence-electron chi connectivity index (χ4n) is 2.51. The lowest BCUT2D eigenvalue weighted by molar-refractivity contribution is 0.0940. The second-order valence-electron chi connectivity index (χ2n) is 6.35. The van der Waals surface area contributed by atoms with Crippen LogP contribution >= 0.6 is 0 Å². The number of nitrogens with one attached hydrogen (secondary N) is 1. The van der Waals surface area contributed by atoms with Crippen molar-refractivity contribution >= 4 is 16.7 Å². The van der Waals surface area contributed by atoms with Gasteiger partial charge in [-0.1, -0.05) is 24.3 Å². The Kier molecular flexibility index (Phi) is 6.76. The molecule has 2 aromatic rings. The minimum atomic E-state index is -0.929. The van der Waals surface area contributed by atoms with Gasteiger partial charge in [-0.2, -0.15) is 0 Å². The van der Waals surface area contributed by atoms with Crippen LogP contribution in [0.2, 0.25) is 0 Å². The molecule has 25 heavy (non-hydrogen) atoms. The molecule has 0 aliphatic rings. The van der Waals surface area contributed by atoms with Crippen LogP contribution in [-0.2, 0) is 16.6 Å². The van der Waals surface area contributed by atoms with E-state index in [1.54, 1.807) is 18.4 Å². The predicted octanol–water partition coefficient (Wildman–Crippen LogP) is 3.84. The largest absolute Gasteiger partial charge is 0.491 e. The summed E-state index contributed by atoms with van der Waals surface area (Å²) in [6.07, 6.45) is 1.79. The maximum absolute atomic E-state index is 12.5. The molecule has 0 heterocycles. The van der Waals surface area contributed by atoms with Gasteiger partial charge in [-0.15, -0.1) is 0 Å². The zero-order chi connectivity index (χ0) is 18.4. The summed E-state index contributed by atoms with van der Waals surface area (Å²) < 4.78 is 17.0. The van der Waals surface area contributed by atoms with Gasteiger partial charge in [0.2, 0.25) is 0 Å². The molecule has 0 saturated heterocycles. The lowest BCUT2D eigenvalue weighted by Crippen LogP contribution is -2.26. The second-order valence-corrected chi connectivity index (χ2v) is 7.78. The minimum Gasteiger partial charge on any atom is -0.491 e. The topological polar surface area (TPSA) is 55.4 Å². The van der Waals surface area contributed by atoms with Gasteiger partial charge in [-0.3, -0.25) is 9.00 Å². The van der Waals surface area contributed by atoms with Crippen LogP contribution in [0.15, 0.2) is 48.5 Å². The molecule has 134 valence electrons. The van der Waals surface area contributed by atoms with E-state index in [4.69, 9.17) is 4.74 Å². The van der Waals surface area contributed by atoms with Crippen molar-refractivity contribution in [3.8, 4) is 5.75 Å². The van der Waals surface area contributed by atoms with E-state index in [1.807, 2.05) is 57.2 Å². The van der Waals surface area contributed by atoms with Crippen molar-refractivity contribution in [3.63, 3.8) is 0 Å². The van der Waals surface area contributed by atoms with Gasteiger partial charge in [0.25, 0.3) is 5.91 Å². The molecule has 4 nitrogen and oxygen atoms in total. The number of carbonyl (C=O) groups is 1. The minimum absolute atomic E-state index is 0.121. The number of hydrogen-bond acceptors (Lipinski definition) is 3. The molecule has 0 saturated carbocycles. The van der Waals surface area contributed by atoms with Crippen molar-refractivity contribution in [2.24, 2.45) is 0 Å². The zero-order valence-electron chi connectivity index (χ0n) is 15.1. The Hall–Kier alpha value is -2.14. The molecule has 2 rings (SSSR count). The molecule has 5 heteroatoms. The van der Waals surface area contributed by atoms with Crippen LogP contribution in [-0.4, -0.2) is 22.5 Å². The molecule has 2 aromatic carbocycles. The number of carbonyl (C=O) groups excluding carboxylic acids is 1. The number of amides is 1. The summed E-state index contributed by atoms with van der Waals surface area (Å²) in [5.74, 6) is 1.13. The SMILES string of the molecule is CC(C)Oc1ccc(C(C)NC(=O)c2cccc(CS(C)=O)c2)cc1. The molecule has 1 amide bonds. The van der Waals surface area contributed by atoms with E-state index in [-0.39, 0.29) is 18.1 Å². The Bertz CT molecular complexity index is 741. The van der Waals surface area contributed by atoms with Crippen LogP contribution in [0.25, 0.3) is 0 Å². The van der Waals surface area contributed by atoms with Crippen molar-refractivity contribution in [3.05, 3.63) is 65.2 Å². The van der Waals surface area contributed by atoms with Gasteiger partial charge in [0.1, 0.15) is 5.75 Å². The smallest absolute Gasteiger partial charge is 0.251 e. The molecule has 1 N–H and O–H groups in total. The van der Waals surface area contributed by atoms with Crippen LogP contribution in [0.5, 0.6) is 5.75 Å². The van der Waals surface area contributed by atoms with Crippen LogP contribution in [0.3, 0.4) is 0 Å². The normalized spacial score (nSPS) is 13.3. The molecule has 2 atom stereocenters. The van der Waals surface area contributed by atoms with E-state index in [1.165, 1.54) is 0 Å². The third-order valence-electron chi connectivity index (χ3n) is 3.66. The molecular weight excluding hydrogens is 334 g/mol. The Balaban J connectivity index is 2.03. The number of hydrogen-bond donors (Lipinski definition) is 1. The van der Waals surface area contributed by atoms with Gasteiger partial charge >= 0.3 is 0 Å². The standard InChI is InChI=1S/C20H25NO3S/c1-14(2)24-19-10-8-17(9-11-19)15(3)21-20(22)18-7-5-6-16(12-18)13-25(4)23/h5-12,14-15H,13H2,1-4H3,(H,21,22). The Morgan fingerprint density at radius 2 is 1.80 bits per heavy atom. The van der Waals surface area contributed by atoms with Crippen molar-refractivity contribution in [1.29, 1.82) is 0 Å². The van der Waals surface area contributed by atoms with Gasteiger partial charge in [0, 0.05) is 28.4 Å². The second kappa shape index (κ2) is 8.81. The highest BCUT2D eigenvalue weighted by atomic mass is 32.2. The van der Waals surface area contributed by atoms with E-state index in [0.29, 0.717) is 11.3 Å². The molecule has 0 aliphatic carbocycles. The van der Waals surface area contributed by atoms with Crippen LogP contribution in [0, 0.1) is 0 Å². The zero-order valence-corrected chi connectivity index (χ0v) is 15.9. The van der Waals surface area contributed by atoms with E-state index in [2.05, 4.69) is 5.32 Å². The first kappa shape index (κ1) is 19.2. The van der Waals surface area contributed by atoms with E-state index in [0.717, 1.165) is 16.9 Å². The summed E-state index contributed by atoms with van der Waals surface area (Å²) in [5.41, 5.74) is 2.49. The summed E-state index contributed by atoms with van der Waals surface area (Å²) in [7, 11) is -0.929. The Labute approximate surface area is 152 Å². The first-order valence-corrected chi connectivity index (χ1v) is 10.0. The highest BCUT2D eigenvalue weighted by molar-refractivity contribution is 7.83. The number of rotatable bonds is 7. The third kappa shape index (κ3) is 6.02. The average Bonchev–Trinajstić information content (AvgIpc) is 2.54. The molecule has 0 aromatic heterocycles. The quantitative estimate of drug-likeness (QED) is 0.817. The van der Waals surface area contributed by atoms with Crippen LogP contribution in [0.1, 0.15) is 48.3 Å². The first-order chi connectivity index (χ1) is 11.8. The summed E-state index contributed by atoms with van der Waals surface area (Å²) in [6.45, 7) is 5.92. The lowest BCUT2D eigenvalue weighted by Gasteiger charge is -2.16. The van der Waals surface area contributed by atoms with Gasteiger partial charge in [0.15, 0.2) is 0 Å². The highest BCUT2D eigenvalue weighted by Gasteiger charge is 2.12. The molecule has 0 spiro atoms. The Morgan fingerprint density at radius 3 is 2.40 bits per heavy atom. The van der Waals surface area contributed by atoms with Crippen molar-refractivity contribution in [2.75, 3.05) is 6.26 Å². The van der Waals surface area contributed by atoms with E-state index >= 15 is 0 Å². The third-order valence-corrected chi connectivity index (χ3v) is 4.40. The van der Waals surface area contributed by atoms with Crippen molar-refractivity contribution < 1.29 is 13.7 Å². The van der Waals surface area contributed by atoms with Gasteiger partial charge in [-0.05, 0) is 56.2 Å². The van der Waals surface area contributed by atoms with Crippen molar-refractivity contribution in [1.82, 2.24) is 5.32 Å². The number of benzene rings is 2. The van der Waals surface area contributed by atoms with E-state index in [9.17, 15) is 9.00 Å². The van der Waals surface area contributed by atoms with Gasteiger partial charge in [0.05, 0.1) is 12.1 Å². The molecule has 0 fully saturated rings. The van der Waals surface area contributed by atoms with E-state index < -0.39 is 10.8 Å². The Morgan fingerprint density at radius 1 is 1.12 bits per heavy atom.